The molecule has 3 nitrogen and oxygen atoms in total. The van der Waals surface area contributed by atoms with Crippen molar-refractivity contribution in [3.05, 3.63) is 93.8 Å². The van der Waals surface area contributed by atoms with Crippen molar-refractivity contribution in [1.29, 1.82) is 0 Å². The van der Waals surface area contributed by atoms with Crippen LogP contribution in [-0.2, 0) is 23.1 Å². The second-order valence-electron chi connectivity index (χ2n) is 10.8. The lowest BCUT2D eigenvalue weighted by molar-refractivity contribution is -0.136. The molecule has 0 amide bonds. The van der Waals surface area contributed by atoms with E-state index in [9.17, 15) is 14.3 Å². The first-order valence-electron chi connectivity index (χ1n) is 14.0. The first-order chi connectivity index (χ1) is 18.0. The minimum atomic E-state index is -1.04. The maximum Gasteiger partial charge on any atom is 0.307 e. The van der Waals surface area contributed by atoms with E-state index in [0.717, 1.165) is 55.2 Å². The summed E-state index contributed by atoms with van der Waals surface area (Å²) in [4.78, 5) is 11.0. The van der Waals surface area contributed by atoms with Crippen LogP contribution < -0.4 is 0 Å². The van der Waals surface area contributed by atoms with Crippen molar-refractivity contribution in [1.82, 2.24) is 0 Å². The number of benzene rings is 3. The van der Waals surface area contributed by atoms with Gasteiger partial charge in [-0.2, -0.15) is 0 Å². The molecule has 0 saturated heterocycles. The molecule has 0 fully saturated rings. The Kier molecular flexibility index (Phi) is 9.54. The molecular formula is C34H43FO3. The van der Waals surface area contributed by atoms with E-state index in [1.807, 2.05) is 0 Å². The molecule has 0 saturated carbocycles. The molecule has 0 unspecified atom stereocenters. The van der Waals surface area contributed by atoms with Crippen LogP contribution in [0.4, 0.5) is 4.39 Å². The molecule has 0 heterocycles. The van der Waals surface area contributed by atoms with Crippen LogP contribution in [0.15, 0.2) is 54.6 Å². The Morgan fingerprint density at radius 1 is 0.789 bits per heavy atom. The van der Waals surface area contributed by atoms with E-state index < -0.39 is 17.4 Å². The number of aliphatic hydroxyl groups is 1. The fourth-order valence-corrected chi connectivity index (χ4v) is 5.78. The molecule has 0 bridgehead atoms. The second kappa shape index (κ2) is 12.3. The standard InChI is InChI=1S/C34H43FO3/c1-7-33(38,8-2)18-17-25-13-14-28(19-23(25)5)34(9-3,10-4)29-15-16-30(24(6)20-29)26-11-12-27(22-32(36)37)31(35)21-26/h11-16,19-21,38H,7-10,17-18,22H2,1-6H3,(H,36,37). The summed E-state index contributed by atoms with van der Waals surface area (Å²) in [6.45, 7) is 12.8. The molecule has 3 rings (SSSR count). The number of aryl methyl sites for hydroxylation is 3. The summed E-state index contributed by atoms with van der Waals surface area (Å²) in [6.07, 6.45) is 4.75. The van der Waals surface area contributed by atoms with E-state index in [1.165, 1.54) is 28.3 Å². The third kappa shape index (κ3) is 6.18. The number of hydrogen-bond donors (Lipinski definition) is 2. The lowest BCUT2D eigenvalue weighted by Crippen LogP contribution is -2.28. The van der Waals surface area contributed by atoms with E-state index in [4.69, 9.17) is 5.11 Å². The van der Waals surface area contributed by atoms with Crippen molar-refractivity contribution < 1.29 is 19.4 Å². The van der Waals surface area contributed by atoms with Crippen molar-refractivity contribution in [2.45, 2.75) is 97.5 Å². The van der Waals surface area contributed by atoms with Crippen molar-refractivity contribution in [3.8, 4) is 11.1 Å². The maximum absolute atomic E-state index is 14.6. The summed E-state index contributed by atoms with van der Waals surface area (Å²) in [7, 11) is 0. The van der Waals surface area contributed by atoms with Crippen LogP contribution in [0.25, 0.3) is 11.1 Å². The molecule has 3 aromatic rings. The zero-order chi connectivity index (χ0) is 28.1. The summed E-state index contributed by atoms with van der Waals surface area (Å²) in [5.74, 6) is -1.53. The number of aliphatic carboxylic acids is 1. The Hall–Kier alpha value is -2.98. The zero-order valence-electron chi connectivity index (χ0n) is 23.8. The van der Waals surface area contributed by atoms with E-state index in [2.05, 4.69) is 77.9 Å². The summed E-state index contributed by atoms with van der Waals surface area (Å²) in [5, 5.41) is 19.7. The SMILES string of the molecule is CCC(O)(CC)CCc1ccc(C(CC)(CC)c2ccc(-c3ccc(CC(=O)O)c(F)c3)c(C)c2)cc1C. The van der Waals surface area contributed by atoms with Gasteiger partial charge in [0.05, 0.1) is 12.0 Å². The van der Waals surface area contributed by atoms with Crippen LogP contribution in [-0.4, -0.2) is 21.8 Å². The summed E-state index contributed by atoms with van der Waals surface area (Å²) < 4.78 is 14.6. The summed E-state index contributed by atoms with van der Waals surface area (Å²) in [6, 6.07) is 18.1. The largest absolute Gasteiger partial charge is 0.481 e. The average Bonchev–Trinajstić information content (AvgIpc) is 2.90. The highest BCUT2D eigenvalue weighted by atomic mass is 19.1. The number of carboxylic acids is 1. The minimum absolute atomic E-state index is 0.142. The second-order valence-corrected chi connectivity index (χ2v) is 10.8. The lowest BCUT2D eigenvalue weighted by Gasteiger charge is -2.34. The van der Waals surface area contributed by atoms with Gasteiger partial charge in [0, 0.05) is 5.41 Å². The van der Waals surface area contributed by atoms with Gasteiger partial charge in [-0.15, -0.1) is 0 Å². The van der Waals surface area contributed by atoms with Crippen molar-refractivity contribution in [2.24, 2.45) is 0 Å². The molecule has 0 radical (unpaired) electrons. The first-order valence-corrected chi connectivity index (χ1v) is 14.0. The van der Waals surface area contributed by atoms with Crippen LogP contribution >= 0.6 is 0 Å². The highest BCUT2D eigenvalue weighted by Crippen LogP contribution is 2.41. The number of carbonyl (C=O) groups is 1. The first kappa shape index (κ1) is 29.6. The Balaban J connectivity index is 1.94. The fraction of sp³-hybridized carbons (Fsp3) is 0.441. The molecule has 38 heavy (non-hydrogen) atoms. The molecule has 4 heteroatoms. The third-order valence-electron chi connectivity index (χ3n) is 8.76. The molecule has 0 aliphatic carbocycles. The van der Waals surface area contributed by atoms with Gasteiger partial charge in [-0.3, -0.25) is 4.79 Å². The predicted octanol–water partition coefficient (Wildman–Crippen LogP) is 8.33. The Morgan fingerprint density at radius 2 is 1.37 bits per heavy atom. The molecule has 0 aliphatic rings. The van der Waals surface area contributed by atoms with Crippen LogP contribution in [0.5, 0.6) is 0 Å². The Morgan fingerprint density at radius 3 is 1.87 bits per heavy atom. The van der Waals surface area contributed by atoms with Gasteiger partial charge in [0.15, 0.2) is 0 Å². The number of halogens is 1. The van der Waals surface area contributed by atoms with E-state index in [1.54, 1.807) is 12.1 Å². The quantitative estimate of drug-likeness (QED) is 0.253. The molecule has 0 spiro atoms. The summed E-state index contributed by atoms with van der Waals surface area (Å²) >= 11 is 0. The molecule has 0 aromatic heterocycles. The van der Waals surface area contributed by atoms with Gasteiger partial charge in [-0.05, 0) is 103 Å². The lowest BCUT2D eigenvalue weighted by atomic mass is 9.69. The van der Waals surface area contributed by atoms with E-state index in [0.29, 0.717) is 0 Å². The normalized spacial score (nSPS) is 12.1. The van der Waals surface area contributed by atoms with Crippen LogP contribution in [0, 0.1) is 19.7 Å². The smallest absolute Gasteiger partial charge is 0.307 e. The highest BCUT2D eigenvalue weighted by molar-refractivity contribution is 5.72. The Bertz CT molecular complexity index is 1270. The topological polar surface area (TPSA) is 57.5 Å². The van der Waals surface area contributed by atoms with Gasteiger partial charge in [0.1, 0.15) is 5.82 Å². The van der Waals surface area contributed by atoms with Gasteiger partial charge >= 0.3 is 5.97 Å². The summed E-state index contributed by atoms with van der Waals surface area (Å²) in [5.41, 5.74) is 7.29. The van der Waals surface area contributed by atoms with Crippen molar-refractivity contribution in [2.75, 3.05) is 0 Å². The van der Waals surface area contributed by atoms with Gasteiger partial charge in [0.25, 0.3) is 0 Å². The monoisotopic (exact) mass is 518 g/mol. The van der Waals surface area contributed by atoms with Crippen molar-refractivity contribution in [3.63, 3.8) is 0 Å². The van der Waals surface area contributed by atoms with Crippen LogP contribution in [0.1, 0.15) is 93.2 Å². The van der Waals surface area contributed by atoms with Crippen molar-refractivity contribution >= 4 is 5.97 Å². The highest BCUT2D eigenvalue weighted by Gasteiger charge is 2.31. The van der Waals surface area contributed by atoms with Gasteiger partial charge in [0.2, 0.25) is 0 Å². The Labute approximate surface area is 227 Å². The van der Waals surface area contributed by atoms with Gasteiger partial charge in [-0.25, -0.2) is 4.39 Å². The number of rotatable bonds is 12. The van der Waals surface area contributed by atoms with Crippen LogP contribution in [0.3, 0.4) is 0 Å². The zero-order valence-corrected chi connectivity index (χ0v) is 23.8. The molecule has 204 valence electrons. The van der Waals surface area contributed by atoms with Gasteiger partial charge < -0.3 is 10.2 Å². The van der Waals surface area contributed by atoms with Gasteiger partial charge in [-0.1, -0.05) is 76.2 Å². The number of hydrogen-bond acceptors (Lipinski definition) is 2. The predicted molar refractivity (Wildman–Crippen MR) is 154 cm³/mol. The van der Waals surface area contributed by atoms with Crippen LogP contribution in [0.2, 0.25) is 0 Å². The maximum atomic E-state index is 14.6. The molecule has 3 aromatic carbocycles. The fourth-order valence-electron chi connectivity index (χ4n) is 5.78. The van der Waals surface area contributed by atoms with E-state index >= 15 is 0 Å². The third-order valence-corrected chi connectivity index (χ3v) is 8.76. The number of carboxylic acid groups (broad SMARTS) is 1. The minimum Gasteiger partial charge on any atom is -0.481 e. The molecule has 0 aliphatic heterocycles. The molecule has 0 atom stereocenters. The average molecular weight is 519 g/mol. The van der Waals surface area contributed by atoms with E-state index in [-0.39, 0.29) is 17.4 Å². The molecule has 2 N–H and O–H groups in total. The molecular weight excluding hydrogens is 475 g/mol.